The maximum Gasteiger partial charge on any atom is 0.457 e. The van der Waals surface area contributed by atoms with Crippen LogP contribution >= 0.6 is 0 Å². The molecule has 1 unspecified atom stereocenters. The lowest BCUT2D eigenvalue weighted by Crippen LogP contribution is -2.44. The number of nitrogens with two attached hydrogens (primary N) is 1. The third-order valence-electron chi connectivity index (χ3n) is 4.38. The summed E-state index contributed by atoms with van der Waals surface area (Å²) in [6.07, 6.45) is -6.92. The summed E-state index contributed by atoms with van der Waals surface area (Å²) in [7, 11) is 0. The van der Waals surface area contributed by atoms with E-state index in [0.717, 1.165) is 12.3 Å². The first-order valence-corrected chi connectivity index (χ1v) is 8.45. The zero-order chi connectivity index (χ0) is 20.9. The first kappa shape index (κ1) is 20.2. The monoisotopic (exact) mass is 402 g/mol. The zero-order valence-electron chi connectivity index (χ0n) is 15.4. The molecule has 0 fully saturated rings. The van der Waals surface area contributed by atoms with Gasteiger partial charge in [0.05, 0.1) is 11.9 Å². The molecule has 0 spiro atoms. The second kappa shape index (κ2) is 6.49. The van der Waals surface area contributed by atoms with Gasteiger partial charge in [0, 0.05) is 12.0 Å². The van der Waals surface area contributed by atoms with Gasteiger partial charge in [-0.1, -0.05) is 6.07 Å². The van der Waals surface area contributed by atoms with Gasteiger partial charge in [-0.3, -0.25) is 0 Å². The Morgan fingerprint density at radius 1 is 1.18 bits per heavy atom. The van der Waals surface area contributed by atoms with Crippen molar-refractivity contribution in [2.75, 3.05) is 5.73 Å². The summed E-state index contributed by atoms with van der Waals surface area (Å²) in [5, 5.41) is 0. The molecule has 1 aromatic carbocycles. The number of aromatic nitrogens is 1. The molecule has 4 nitrogen and oxygen atoms in total. The predicted octanol–water partition coefficient (Wildman–Crippen LogP) is 5.00. The van der Waals surface area contributed by atoms with Crippen LogP contribution in [0, 0.1) is 6.92 Å². The number of aryl methyl sites for hydroxylation is 1. The van der Waals surface area contributed by atoms with Crippen LogP contribution in [0.25, 0.3) is 0 Å². The van der Waals surface area contributed by atoms with Crippen molar-refractivity contribution in [2.24, 2.45) is 0 Å². The molecule has 2 N–H and O–H groups in total. The van der Waals surface area contributed by atoms with Gasteiger partial charge in [0.2, 0.25) is 5.88 Å². The molecule has 0 aliphatic carbocycles. The smallest absolute Gasteiger partial charge is 0.457 e. The van der Waals surface area contributed by atoms with E-state index in [4.69, 9.17) is 15.2 Å². The minimum atomic E-state index is -5.81. The summed E-state index contributed by atoms with van der Waals surface area (Å²) in [6.45, 7) is 5.06. The third-order valence-corrected chi connectivity index (χ3v) is 4.38. The molecule has 9 heteroatoms. The number of rotatable bonds is 4. The van der Waals surface area contributed by atoms with Crippen LogP contribution < -0.4 is 15.2 Å². The molecular formula is C19H19F5N2O2. The Morgan fingerprint density at radius 3 is 2.46 bits per heavy atom. The Labute approximate surface area is 158 Å². The van der Waals surface area contributed by atoms with Crippen LogP contribution in [-0.2, 0) is 6.42 Å². The van der Waals surface area contributed by atoms with E-state index < -0.39 is 23.8 Å². The van der Waals surface area contributed by atoms with Gasteiger partial charge in [-0.05, 0) is 50.1 Å². The van der Waals surface area contributed by atoms with E-state index >= 15 is 0 Å². The van der Waals surface area contributed by atoms with E-state index in [1.807, 2.05) is 0 Å². The van der Waals surface area contributed by atoms with Crippen LogP contribution in [-0.4, -0.2) is 22.7 Å². The maximum atomic E-state index is 14.3. The second-order valence-corrected chi connectivity index (χ2v) is 7.42. The van der Waals surface area contributed by atoms with E-state index in [1.165, 1.54) is 25.1 Å². The first-order chi connectivity index (χ1) is 12.8. The molecule has 0 saturated carbocycles. The summed E-state index contributed by atoms with van der Waals surface area (Å²) < 4.78 is 78.9. The van der Waals surface area contributed by atoms with Gasteiger partial charge in [-0.2, -0.15) is 22.0 Å². The maximum absolute atomic E-state index is 14.3. The molecule has 28 heavy (non-hydrogen) atoms. The lowest BCUT2D eigenvalue weighted by atomic mass is 9.96. The summed E-state index contributed by atoms with van der Waals surface area (Å²) in [4.78, 5) is 3.76. The molecular weight excluding hydrogens is 383 g/mol. The fraction of sp³-hybridized carbons (Fsp3) is 0.421. The van der Waals surface area contributed by atoms with Gasteiger partial charge in [-0.25, -0.2) is 4.98 Å². The quantitative estimate of drug-likeness (QED) is 0.731. The summed E-state index contributed by atoms with van der Waals surface area (Å²) in [5.41, 5.74) is 5.68. The number of ether oxygens (including phenoxy) is 2. The van der Waals surface area contributed by atoms with Crippen molar-refractivity contribution >= 4 is 5.69 Å². The van der Waals surface area contributed by atoms with Crippen molar-refractivity contribution in [1.29, 1.82) is 0 Å². The molecule has 3 rings (SSSR count). The van der Waals surface area contributed by atoms with Gasteiger partial charge in [0.25, 0.3) is 0 Å². The lowest BCUT2D eigenvalue weighted by molar-refractivity contribution is -0.311. The van der Waals surface area contributed by atoms with Gasteiger partial charge >= 0.3 is 12.1 Å². The standard InChI is InChI=1S/C19H19F5N2O2/c1-10-6-13(25)9-26-16(10)27-15(18(20,21)19(22,23)24)11-4-5-14-12(7-11)8-17(2,3)28-14/h4-7,9,15H,8,25H2,1-3H3. The molecule has 0 saturated heterocycles. The molecule has 0 amide bonds. The summed E-state index contributed by atoms with van der Waals surface area (Å²) in [5.74, 6) is -5.05. The van der Waals surface area contributed by atoms with Gasteiger partial charge in [-0.15, -0.1) is 0 Å². The molecule has 2 aromatic rings. The number of alkyl halides is 5. The van der Waals surface area contributed by atoms with E-state index in [9.17, 15) is 22.0 Å². The van der Waals surface area contributed by atoms with Gasteiger partial charge in [0.1, 0.15) is 11.4 Å². The highest BCUT2D eigenvalue weighted by Crippen LogP contribution is 2.48. The highest BCUT2D eigenvalue weighted by molar-refractivity contribution is 5.44. The van der Waals surface area contributed by atoms with E-state index in [0.29, 0.717) is 17.7 Å². The molecule has 1 atom stereocenters. The Bertz CT molecular complexity index is 896. The minimum absolute atomic E-state index is 0.237. The largest absolute Gasteiger partial charge is 0.487 e. The van der Waals surface area contributed by atoms with Crippen LogP contribution in [0.15, 0.2) is 30.5 Å². The topological polar surface area (TPSA) is 57.4 Å². The molecule has 1 aromatic heterocycles. The minimum Gasteiger partial charge on any atom is -0.487 e. The van der Waals surface area contributed by atoms with Crippen LogP contribution in [0.2, 0.25) is 0 Å². The van der Waals surface area contributed by atoms with Crippen molar-refractivity contribution < 1.29 is 31.4 Å². The normalized spacial score (nSPS) is 17.0. The van der Waals surface area contributed by atoms with Crippen LogP contribution in [0.1, 0.15) is 36.6 Å². The lowest BCUT2D eigenvalue weighted by Gasteiger charge is -2.29. The number of fused-ring (bicyclic) bond motifs is 1. The van der Waals surface area contributed by atoms with Crippen LogP contribution in [0.3, 0.4) is 0 Å². The number of pyridine rings is 1. The highest BCUT2D eigenvalue weighted by atomic mass is 19.4. The third kappa shape index (κ3) is 3.70. The van der Waals surface area contributed by atoms with E-state index in [2.05, 4.69) is 4.98 Å². The fourth-order valence-electron chi connectivity index (χ4n) is 3.11. The van der Waals surface area contributed by atoms with Crippen molar-refractivity contribution in [3.63, 3.8) is 0 Å². The van der Waals surface area contributed by atoms with Crippen LogP contribution in [0.4, 0.5) is 27.6 Å². The number of benzene rings is 1. The number of halogens is 5. The molecule has 0 bridgehead atoms. The molecule has 2 heterocycles. The van der Waals surface area contributed by atoms with Crippen LogP contribution in [0.5, 0.6) is 11.6 Å². The number of nitrogens with zero attached hydrogens (tertiary/aromatic N) is 1. The highest BCUT2D eigenvalue weighted by Gasteiger charge is 2.64. The summed E-state index contributed by atoms with van der Waals surface area (Å²) in [6, 6.07) is 5.17. The number of hydrogen-bond donors (Lipinski definition) is 1. The van der Waals surface area contributed by atoms with E-state index in [1.54, 1.807) is 13.8 Å². The van der Waals surface area contributed by atoms with E-state index in [-0.39, 0.29) is 22.7 Å². The van der Waals surface area contributed by atoms with Crippen molar-refractivity contribution in [1.82, 2.24) is 4.98 Å². The molecule has 0 radical (unpaired) electrons. The first-order valence-electron chi connectivity index (χ1n) is 8.45. The average molecular weight is 402 g/mol. The number of hydrogen-bond acceptors (Lipinski definition) is 4. The summed E-state index contributed by atoms with van der Waals surface area (Å²) >= 11 is 0. The predicted molar refractivity (Wildman–Crippen MR) is 92.6 cm³/mol. The van der Waals surface area contributed by atoms with Crippen molar-refractivity contribution in [3.8, 4) is 11.6 Å². The zero-order valence-corrected chi connectivity index (χ0v) is 15.4. The van der Waals surface area contributed by atoms with Crippen molar-refractivity contribution in [3.05, 3.63) is 47.2 Å². The SMILES string of the molecule is Cc1cc(N)cnc1OC(c1ccc2c(c1)CC(C)(C)O2)C(F)(F)C(F)(F)F. The Balaban J connectivity index is 2.05. The Morgan fingerprint density at radius 2 is 1.86 bits per heavy atom. The second-order valence-electron chi connectivity index (χ2n) is 7.42. The Kier molecular flexibility index (Phi) is 4.68. The fourth-order valence-corrected chi connectivity index (χ4v) is 3.11. The molecule has 1 aliphatic rings. The van der Waals surface area contributed by atoms with Crippen molar-refractivity contribution in [2.45, 2.75) is 51.0 Å². The molecule has 152 valence electrons. The average Bonchev–Trinajstić information content (AvgIpc) is 2.85. The van der Waals surface area contributed by atoms with Gasteiger partial charge < -0.3 is 15.2 Å². The Hall–Kier alpha value is -2.58. The number of anilines is 1. The molecule has 1 aliphatic heterocycles. The number of nitrogen functional groups attached to an aromatic ring is 1. The van der Waals surface area contributed by atoms with Gasteiger partial charge in [0.15, 0.2) is 6.10 Å².